The minimum absolute atomic E-state index is 0.0732. The van der Waals surface area contributed by atoms with Crippen molar-refractivity contribution in [2.24, 2.45) is 0 Å². The summed E-state index contributed by atoms with van der Waals surface area (Å²) >= 11 is 0. The third-order valence-corrected chi connectivity index (χ3v) is 3.25. The highest BCUT2D eigenvalue weighted by Crippen LogP contribution is 2.17. The fraction of sp³-hybridized carbons (Fsp3) is 0.125. The molecule has 0 radical (unpaired) electrons. The standard InChI is InChI=1S/C16H14FN5O/c1-11-4-2-3-5-14(11)16-19-21-22(20-16)10-15(23)18-13-8-6-12(17)7-9-13/h2-9H,10H2,1H3,(H,18,23). The number of anilines is 1. The molecule has 1 N–H and O–H groups in total. The summed E-state index contributed by atoms with van der Waals surface area (Å²) in [6.07, 6.45) is 0. The van der Waals surface area contributed by atoms with Crippen molar-refractivity contribution in [3.8, 4) is 11.4 Å². The molecule has 0 atom stereocenters. The highest BCUT2D eigenvalue weighted by Gasteiger charge is 2.11. The summed E-state index contributed by atoms with van der Waals surface area (Å²) in [5, 5.41) is 14.7. The van der Waals surface area contributed by atoms with Gasteiger partial charge in [0.25, 0.3) is 0 Å². The second-order valence-corrected chi connectivity index (χ2v) is 5.01. The number of halogens is 1. The highest BCUT2D eigenvalue weighted by molar-refractivity contribution is 5.90. The monoisotopic (exact) mass is 311 g/mol. The van der Waals surface area contributed by atoms with Crippen LogP contribution < -0.4 is 5.32 Å². The van der Waals surface area contributed by atoms with Crippen molar-refractivity contribution in [1.29, 1.82) is 0 Å². The maximum atomic E-state index is 12.8. The van der Waals surface area contributed by atoms with Crippen molar-refractivity contribution < 1.29 is 9.18 Å². The molecule has 1 amide bonds. The van der Waals surface area contributed by atoms with Gasteiger partial charge in [-0.05, 0) is 42.0 Å². The second kappa shape index (κ2) is 6.35. The Morgan fingerprint density at radius 3 is 2.65 bits per heavy atom. The van der Waals surface area contributed by atoms with Crippen LogP contribution in [0.25, 0.3) is 11.4 Å². The zero-order valence-corrected chi connectivity index (χ0v) is 12.4. The van der Waals surface area contributed by atoms with E-state index in [0.29, 0.717) is 11.5 Å². The Kier molecular flexibility index (Phi) is 4.09. The van der Waals surface area contributed by atoms with Gasteiger partial charge in [-0.2, -0.15) is 4.80 Å². The SMILES string of the molecule is Cc1ccccc1-c1nnn(CC(=O)Nc2ccc(F)cc2)n1. The third kappa shape index (κ3) is 3.57. The van der Waals surface area contributed by atoms with Crippen LogP contribution in [0.3, 0.4) is 0 Å². The lowest BCUT2D eigenvalue weighted by molar-refractivity contribution is -0.117. The molecule has 1 heterocycles. The van der Waals surface area contributed by atoms with Gasteiger partial charge in [0.1, 0.15) is 12.4 Å². The predicted octanol–water partition coefficient (Wildman–Crippen LogP) is 2.43. The second-order valence-electron chi connectivity index (χ2n) is 5.01. The first kappa shape index (κ1) is 14.8. The molecule has 0 saturated carbocycles. The first-order chi connectivity index (χ1) is 11.1. The fourth-order valence-corrected chi connectivity index (χ4v) is 2.10. The van der Waals surface area contributed by atoms with Crippen molar-refractivity contribution in [2.45, 2.75) is 13.5 Å². The molecule has 0 fully saturated rings. The van der Waals surface area contributed by atoms with Crippen LogP contribution in [0, 0.1) is 12.7 Å². The summed E-state index contributed by atoms with van der Waals surface area (Å²) in [6.45, 7) is 1.88. The molecule has 0 aliphatic heterocycles. The first-order valence-corrected chi connectivity index (χ1v) is 7.01. The Labute approximate surface area is 132 Å². The van der Waals surface area contributed by atoms with E-state index in [1.54, 1.807) is 0 Å². The van der Waals surface area contributed by atoms with Crippen LogP contribution in [-0.4, -0.2) is 26.1 Å². The van der Waals surface area contributed by atoms with Gasteiger partial charge in [-0.1, -0.05) is 24.3 Å². The molecule has 0 spiro atoms. The van der Waals surface area contributed by atoms with Gasteiger partial charge >= 0.3 is 0 Å². The zero-order valence-electron chi connectivity index (χ0n) is 12.4. The van der Waals surface area contributed by atoms with Crippen molar-refractivity contribution >= 4 is 11.6 Å². The summed E-state index contributed by atoms with van der Waals surface area (Å²) in [5.41, 5.74) is 2.41. The maximum absolute atomic E-state index is 12.8. The van der Waals surface area contributed by atoms with Crippen LogP contribution in [0.5, 0.6) is 0 Å². The third-order valence-electron chi connectivity index (χ3n) is 3.25. The molecular formula is C16H14FN5O. The number of aromatic nitrogens is 4. The number of carbonyl (C=O) groups is 1. The van der Waals surface area contributed by atoms with Gasteiger partial charge in [0.2, 0.25) is 11.7 Å². The molecule has 2 aromatic carbocycles. The number of nitrogens with one attached hydrogen (secondary N) is 1. The Hall–Kier alpha value is -3.09. The van der Waals surface area contributed by atoms with Gasteiger partial charge in [0.05, 0.1) is 0 Å². The van der Waals surface area contributed by atoms with Gasteiger partial charge in [-0.15, -0.1) is 10.2 Å². The lowest BCUT2D eigenvalue weighted by Crippen LogP contribution is -2.20. The predicted molar refractivity (Wildman–Crippen MR) is 83.0 cm³/mol. The van der Waals surface area contributed by atoms with E-state index < -0.39 is 0 Å². The number of carbonyl (C=O) groups excluding carboxylic acids is 1. The van der Waals surface area contributed by atoms with E-state index in [1.807, 2.05) is 31.2 Å². The Bertz CT molecular complexity index is 828. The number of amides is 1. The molecule has 116 valence electrons. The smallest absolute Gasteiger partial charge is 0.248 e. The van der Waals surface area contributed by atoms with Crippen molar-refractivity contribution in [2.75, 3.05) is 5.32 Å². The largest absolute Gasteiger partial charge is 0.324 e. The minimum Gasteiger partial charge on any atom is -0.324 e. The lowest BCUT2D eigenvalue weighted by atomic mass is 10.1. The van der Waals surface area contributed by atoms with Crippen molar-refractivity contribution in [3.05, 3.63) is 59.9 Å². The number of nitrogens with zero attached hydrogens (tertiary/aromatic N) is 4. The summed E-state index contributed by atoms with van der Waals surface area (Å²) in [4.78, 5) is 13.2. The molecule has 0 bridgehead atoms. The molecule has 3 aromatic rings. The lowest BCUT2D eigenvalue weighted by Gasteiger charge is -2.04. The van der Waals surface area contributed by atoms with E-state index in [2.05, 4.69) is 20.7 Å². The van der Waals surface area contributed by atoms with Crippen LogP contribution in [0.1, 0.15) is 5.56 Å². The molecule has 3 rings (SSSR count). The molecule has 0 unspecified atom stereocenters. The molecule has 0 saturated heterocycles. The van der Waals surface area contributed by atoms with Gasteiger partial charge in [-0.3, -0.25) is 4.79 Å². The molecule has 0 aliphatic carbocycles. The maximum Gasteiger partial charge on any atom is 0.248 e. The van der Waals surface area contributed by atoms with E-state index in [9.17, 15) is 9.18 Å². The van der Waals surface area contributed by atoms with Crippen LogP contribution in [0.4, 0.5) is 10.1 Å². The molecule has 1 aromatic heterocycles. The van der Waals surface area contributed by atoms with Crippen LogP contribution in [0.2, 0.25) is 0 Å². The topological polar surface area (TPSA) is 72.7 Å². The van der Waals surface area contributed by atoms with Crippen molar-refractivity contribution in [1.82, 2.24) is 20.2 Å². The first-order valence-electron chi connectivity index (χ1n) is 7.01. The normalized spacial score (nSPS) is 10.5. The summed E-state index contributed by atoms with van der Waals surface area (Å²) in [6, 6.07) is 13.2. The number of tetrazole rings is 1. The van der Waals surface area contributed by atoms with Gasteiger partial charge < -0.3 is 5.32 Å². The molecular weight excluding hydrogens is 297 g/mol. The van der Waals surface area contributed by atoms with Crippen LogP contribution in [0.15, 0.2) is 48.5 Å². The Balaban J connectivity index is 1.68. The summed E-state index contributed by atoms with van der Waals surface area (Å²) in [5.74, 6) is -0.202. The number of hydrogen-bond donors (Lipinski definition) is 1. The number of hydrogen-bond acceptors (Lipinski definition) is 4. The van der Waals surface area contributed by atoms with Gasteiger partial charge in [0.15, 0.2) is 0 Å². The van der Waals surface area contributed by atoms with E-state index >= 15 is 0 Å². The molecule has 0 aliphatic rings. The zero-order chi connectivity index (χ0) is 16.2. The molecule has 6 nitrogen and oxygen atoms in total. The van der Waals surface area contributed by atoms with Crippen LogP contribution in [-0.2, 0) is 11.3 Å². The van der Waals surface area contributed by atoms with E-state index in [0.717, 1.165) is 11.1 Å². The number of rotatable bonds is 4. The van der Waals surface area contributed by atoms with Crippen molar-refractivity contribution in [3.63, 3.8) is 0 Å². The quantitative estimate of drug-likeness (QED) is 0.803. The van der Waals surface area contributed by atoms with E-state index in [1.165, 1.54) is 29.1 Å². The average Bonchev–Trinajstić information content (AvgIpc) is 2.98. The number of benzene rings is 2. The number of aryl methyl sites for hydroxylation is 1. The Morgan fingerprint density at radius 1 is 1.17 bits per heavy atom. The van der Waals surface area contributed by atoms with E-state index in [4.69, 9.17) is 0 Å². The van der Waals surface area contributed by atoms with Crippen LogP contribution >= 0.6 is 0 Å². The Morgan fingerprint density at radius 2 is 1.91 bits per heavy atom. The van der Waals surface area contributed by atoms with E-state index in [-0.39, 0.29) is 18.3 Å². The average molecular weight is 311 g/mol. The minimum atomic E-state index is -0.358. The van der Waals surface area contributed by atoms with Gasteiger partial charge in [-0.25, -0.2) is 4.39 Å². The summed E-state index contributed by atoms with van der Waals surface area (Å²) in [7, 11) is 0. The summed E-state index contributed by atoms with van der Waals surface area (Å²) < 4.78 is 12.8. The fourth-order valence-electron chi connectivity index (χ4n) is 2.10. The molecule has 23 heavy (non-hydrogen) atoms. The molecule has 7 heteroatoms. The van der Waals surface area contributed by atoms with Gasteiger partial charge in [0, 0.05) is 11.3 Å². The highest BCUT2D eigenvalue weighted by atomic mass is 19.1.